The molecule has 2 unspecified atom stereocenters. The molecule has 3 heteroatoms. The number of aliphatic hydroxyl groups is 1. The highest BCUT2D eigenvalue weighted by molar-refractivity contribution is 4.87. The summed E-state index contributed by atoms with van der Waals surface area (Å²) in [5.74, 6) is 1.64. The van der Waals surface area contributed by atoms with Crippen molar-refractivity contribution in [2.75, 3.05) is 19.6 Å². The van der Waals surface area contributed by atoms with Crippen LogP contribution in [-0.2, 0) is 0 Å². The van der Waals surface area contributed by atoms with E-state index in [0.717, 1.165) is 31.5 Å². The number of piperidine rings is 1. The number of nitrogens with one attached hydrogen (secondary N) is 1. The Bertz CT molecular complexity index is 182. The lowest BCUT2D eigenvalue weighted by molar-refractivity contribution is -0.0448. The molecule has 0 aromatic heterocycles. The molecular formula is C11H22N2O. The van der Waals surface area contributed by atoms with Gasteiger partial charge in [-0.15, -0.1) is 0 Å². The van der Waals surface area contributed by atoms with Crippen LogP contribution in [0.1, 0.15) is 26.7 Å². The number of aliphatic hydroxyl groups excluding tert-OH is 1. The molecule has 82 valence electrons. The lowest BCUT2D eigenvalue weighted by Gasteiger charge is -2.45. The average molecular weight is 198 g/mol. The monoisotopic (exact) mass is 198 g/mol. The van der Waals surface area contributed by atoms with Crippen LogP contribution in [0, 0.1) is 11.8 Å². The van der Waals surface area contributed by atoms with Gasteiger partial charge >= 0.3 is 0 Å². The predicted octanol–water partition coefficient (Wildman–Crippen LogP) is 0.645. The summed E-state index contributed by atoms with van der Waals surface area (Å²) in [6.45, 7) is 7.49. The van der Waals surface area contributed by atoms with Crippen LogP contribution >= 0.6 is 0 Å². The smallest absolute Gasteiger partial charge is 0.0795 e. The van der Waals surface area contributed by atoms with Crippen LogP contribution < -0.4 is 5.32 Å². The Labute approximate surface area is 86.5 Å². The molecule has 0 spiro atoms. The third-order valence-electron chi connectivity index (χ3n) is 3.70. The highest BCUT2D eigenvalue weighted by Gasteiger charge is 2.33. The number of hydrogen-bond donors (Lipinski definition) is 2. The maximum Gasteiger partial charge on any atom is 0.0795 e. The first-order chi connectivity index (χ1) is 6.66. The number of hydrogen-bond acceptors (Lipinski definition) is 3. The first-order valence-corrected chi connectivity index (χ1v) is 5.82. The van der Waals surface area contributed by atoms with Crippen LogP contribution in [0.2, 0.25) is 0 Å². The minimum absolute atomic E-state index is 0.0698. The van der Waals surface area contributed by atoms with Gasteiger partial charge in [0.05, 0.1) is 12.3 Å². The maximum absolute atomic E-state index is 9.22. The third-order valence-corrected chi connectivity index (χ3v) is 3.70. The van der Waals surface area contributed by atoms with E-state index < -0.39 is 0 Å². The van der Waals surface area contributed by atoms with Crippen LogP contribution in [0.15, 0.2) is 0 Å². The summed E-state index contributed by atoms with van der Waals surface area (Å²) in [6.07, 6.45) is 3.05. The zero-order valence-corrected chi connectivity index (χ0v) is 9.24. The summed E-state index contributed by atoms with van der Waals surface area (Å²) in [5, 5.41) is 12.8. The van der Waals surface area contributed by atoms with Gasteiger partial charge in [-0.1, -0.05) is 13.8 Å². The molecule has 3 nitrogen and oxygen atoms in total. The Kier molecular flexibility index (Phi) is 3.10. The molecule has 14 heavy (non-hydrogen) atoms. The molecule has 0 aliphatic carbocycles. The van der Waals surface area contributed by atoms with Crippen molar-refractivity contribution in [3.63, 3.8) is 0 Å². The molecule has 0 aromatic carbocycles. The maximum atomic E-state index is 9.22. The zero-order chi connectivity index (χ0) is 10.1. The van der Waals surface area contributed by atoms with E-state index in [1.54, 1.807) is 0 Å². The molecule has 2 fully saturated rings. The van der Waals surface area contributed by atoms with E-state index in [0.29, 0.717) is 6.17 Å². The van der Waals surface area contributed by atoms with Crippen molar-refractivity contribution >= 4 is 0 Å². The van der Waals surface area contributed by atoms with Gasteiger partial charge in [-0.25, -0.2) is 0 Å². The highest BCUT2D eigenvalue weighted by Crippen LogP contribution is 2.24. The van der Waals surface area contributed by atoms with E-state index in [9.17, 15) is 5.11 Å². The zero-order valence-electron chi connectivity index (χ0n) is 9.24. The summed E-state index contributed by atoms with van der Waals surface area (Å²) < 4.78 is 0. The fraction of sp³-hybridized carbons (Fsp3) is 1.00. The Morgan fingerprint density at radius 2 is 2.00 bits per heavy atom. The largest absolute Gasteiger partial charge is 0.390 e. The number of likely N-dealkylation sites (tertiary alicyclic amines) is 1. The summed E-state index contributed by atoms with van der Waals surface area (Å²) >= 11 is 0. The number of rotatable bonds is 2. The molecule has 2 atom stereocenters. The van der Waals surface area contributed by atoms with Crippen LogP contribution in [0.25, 0.3) is 0 Å². The van der Waals surface area contributed by atoms with E-state index in [4.69, 9.17) is 0 Å². The Morgan fingerprint density at radius 3 is 2.43 bits per heavy atom. The summed E-state index contributed by atoms with van der Waals surface area (Å²) in [4.78, 5) is 2.35. The Balaban J connectivity index is 1.73. The van der Waals surface area contributed by atoms with Crippen LogP contribution in [0.3, 0.4) is 0 Å². The Morgan fingerprint density at radius 1 is 1.29 bits per heavy atom. The highest BCUT2D eigenvalue weighted by atomic mass is 16.3. The lowest BCUT2D eigenvalue weighted by atomic mass is 9.87. The summed E-state index contributed by atoms with van der Waals surface area (Å²) in [7, 11) is 0. The topological polar surface area (TPSA) is 35.5 Å². The second-order valence-electron chi connectivity index (χ2n) is 5.11. The normalized spacial score (nSPS) is 36.0. The van der Waals surface area contributed by atoms with E-state index in [2.05, 4.69) is 24.1 Å². The number of nitrogens with zero attached hydrogens (tertiary/aromatic N) is 1. The number of β-amino-alcohol motifs (C(OH)–C–C–N with tert-alkyl or cyclic N) is 1. The molecule has 2 heterocycles. The van der Waals surface area contributed by atoms with Crippen LogP contribution in [0.5, 0.6) is 0 Å². The molecule has 2 saturated heterocycles. The minimum atomic E-state index is -0.0698. The van der Waals surface area contributed by atoms with Gasteiger partial charge in [0, 0.05) is 13.1 Å². The van der Waals surface area contributed by atoms with Gasteiger partial charge in [0.25, 0.3) is 0 Å². The molecule has 0 aromatic rings. The fourth-order valence-electron chi connectivity index (χ4n) is 2.49. The second kappa shape index (κ2) is 4.17. The quantitative estimate of drug-likeness (QED) is 0.683. The van der Waals surface area contributed by atoms with Gasteiger partial charge < -0.3 is 10.4 Å². The first kappa shape index (κ1) is 10.4. The fourth-order valence-corrected chi connectivity index (χ4v) is 2.49. The van der Waals surface area contributed by atoms with E-state index in [-0.39, 0.29) is 6.10 Å². The second-order valence-corrected chi connectivity index (χ2v) is 5.11. The van der Waals surface area contributed by atoms with Crippen molar-refractivity contribution in [3.8, 4) is 0 Å². The third kappa shape index (κ3) is 2.10. The summed E-state index contributed by atoms with van der Waals surface area (Å²) in [6, 6.07) is 0. The van der Waals surface area contributed by atoms with Crippen molar-refractivity contribution < 1.29 is 5.11 Å². The predicted molar refractivity (Wildman–Crippen MR) is 56.9 cm³/mol. The molecule has 0 amide bonds. The van der Waals surface area contributed by atoms with Crippen LogP contribution in [0.4, 0.5) is 0 Å². The van der Waals surface area contributed by atoms with Crippen LogP contribution in [-0.4, -0.2) is 41.9 Å². The molecule has 2 N–H and O–H groups in total. The summed E-state index contributed by atoms with van der Waals surface area (Å²) in [5.41, 5.74) is 0. The molecule has 2 rings (SSSR count). The van der Waals surface area contributed by atoms with Gasteiger partial charge in [0.1, 0.15) is 0 Å². The minimum Gasteiger partial charge on any atom is -0.390 e. The first-order valence-electron chi connectivity index (χ1n) is 5.82. The van der Waals surface area contributed by atoms with Gasteiger partial charge in [-0.2, -0.15) is 0 Å². The molecule has 0 radical (unpaired) electrons. The molecule has 0 saturated carbocycles. The van der Waals surface area contributed by atoms with Gasteiger partial charge in [-0.3, -0.25) is 4.90 Å². The lowest BCUT2D eigenvalue weighted by Crippen LogP contribution is -2.61. The van der Waals surface area contributed by atoms with E-state index in [1.165, 1.54) is 12.8 Å². The molecule has 2 aliphatic rings. The van der Waals surface area contributed by atoms with Gasteiger partial charge in [-0.05, 0) is 31.2 Å². The van der Waals surface area contributed by atoms with E-state index in [1.807, 2.05) is 0 Å². The average Bonchev–Trinajstić information content (AvgIpc) is 2.13. The van der Waals surface area contributed by atoms with Crippen molar-refractivity contribution in [2.45, 2.75) is 39.0 Å². The molecular weight excluding hydrogens is 176 g/mol. The van der Waals surface area contributed by atoms with Crippen molar-refractivity contribution in [3.05, 3.63) is 0 Å². The van der Waals surface area contributed by atoms with E-state index >= 15 is 0 Å². The van der Waals surface area contributed by atoms with Gasteiger partial charge in [0.15, 0.2) is 0 Å². The van der Waals surface area contributed by atoms with Crippen molar-refractivity contribution in [2.24, 2.45) is 11.8 Å². The van der Waals surface area contributed by atoms with Crippen molar-refractivity contribution in [1.29, 1.82) is 0 Å². The van der Waals surface area contributed by atoms with Gasteiger partial charge in [0.2, 0.25) is 0 Å². The molecule has 0 bridgehead atoms. The SMILES string of the molecule is CC(C)C1CCC(N2CC(O)C2)NC1. The molecule has 2 aliphatic heterocycles. The standard InChI is InChI=1S/C11H22N2O/c1-8(2)9-3-4-11(12-5-9)13-6-10(14)7-13/h8-12,14H,3-7H2,1-2H3. The van der Waals surface area contributed by atoms with Crippen molar-refractivity contribution in [1.82, 2.24) is 10.2 Å². The Hall–Kier alpha value is -0.120.